The first-order valence-electron chi connectivity index (χ1n) is 9.97. The maximum atomic E-state index is 13.6. The zero-order valence-corrected chi connectivity index (χ0v) is 14.8. The summed E-state index contributed by atoms with van der Waals surface area (Å²) in [5, 5.41) is 10.5. The van der Waals surface area contributed by atoms with Crippen LogP contribution in [-0.2, 0) is 4.79 Å². The Morgan fingerprint density at radius 2 is 1.96 bits per heavy atom. The smallest absolute Gasteiger partial charge is 0.141 e. The molecule has 2 heterocycles. The fourth-order valence-corrected chi connectivity index (χ4v) is 6.87. The Morgan fingerprint density at radius 1 is 1.19 bits per heavy atom. The lowest BCUT2D eigenvalue weighted by molar-refractivity contribution is -0.161. The first kappa shape index (κ1) is 15.2. The Morgan fingerprint density at radius 3 is 2.77 bits per heavy atom. The van der Waals surface area contributed by atoms with E-state index in [1.807, 2.05) is 12.5 Å². The Kier molecular flexibility index (Phi) is 2.95. The highest BCUT2D eigenvalue weighted by Gasteiger charge is 2.58. The van der Waals surface area contributed by atoms with E-state index in [1.165, 1.54) is 11.1 Å². The fraction of sp³-hybridized carbons (Fsp3) is 0.545. The maximum Gasteiger partial charge on any atom is 0.141 e. The van der Waals surface area contributed by atoms with Crippen molar-refractivity contribution >= 4 is 5.78 Å². The van der Waals surface area contributed by atoms with Gasteiger partial charge in [-0.1, -0.05) is 24.3 Å². The molecule has 1 aliphatic heterocycles. The molecule has 2 aromatic rings. The number of rotatable bonds is 3. The van der Waals surface area contributed by atoms with Crippen LogP contribution in [0.25, 0.3) is 11.3 Å². The van der Waals surface area contributed by atoms with Crippen molar-refractivity contribution in [1.29, 1.82) is 0 Å². The first-order valence-corrected chi connectivity index (χ1v) is 9.97. The molecule has 4 nitrogen and oxygen atoms in total. The maximum absolute atomic E-state index is 13.6. The second-order valence-electron chi connectivity index (χ2n) is 9.16. The average molecular weight is 348 g/mol. The molecule has 3 unspecified atom stereocenters. The summed E-state index contributed by atoms with van der Waals surface area (Å²) in [7, 11) is 0. The van der Waals surface area contributed by atoms with Crippen molar-refractivity contribution in [1.82, 2.24) is 9.55 Å². The number of nitrogens with zero attached hydrogens (tertiary/aromatic N) is 2. The highest BCUT2D eigenvalue weighted by molar-refractivity contribution is 5.87. The lowest BCUT2D eigenvalue weighted by Gasteiger charge is -2.58. The molecule has 1 aromatic carbocycles. The number of carbonyl (C=O) groups is 1. The van der Waals surface area contributed by atoms with Crippen LogP contribution >= 0.6 is 0 Å². The van der Waals surface area contributed by atoms with Gasteiger partial charge in [-0.15, -0.1) is 0 Å². The lowest BCUT2D eigenvalue weighted by atomic mass is 9.47. The van der Waals surface area contributed by atoms with Gasteiger partial charge in [0.15, 0.2) is 0 Å². The normalized spacial score (nSPS) is 39.0. The molecular weight excluding hydrogens is 324 g/mol. The molecule has 4 heteroatoms. The summed E-state index contributed by atoms with van der Waals surface area (Å²) < 4.78 is 2.18. The van der Waals surface area contributed by atoms with Crippen LogP contribution in [0.15, 0.2) is 36.8 Å². The van der Waals surface area contributed by atoms with Crippen molar-refractivity contribution in [3.63, 3.8) is 0 Å². The quantitative estimate of drug-likeness (QED) is 0.922. The molecule has 5 aliphatic rings. The number of Topliss-reactive ketones (excluding diaryl/α,β-unsaturated/α-hetero) is 1. The topological polar surface area (TPSA) is 55.1 Å². The molecule has 1 N–H and O–H groups in total. The minimum atomic E-state index is -0.173. The number of hydrogen-bond donors (Lipinski definition) is 1. The van der Waals surface area contributed by atoms with Crippen LogP contribution in [0, 0.1) is 23.2 Å². The summed E-state index contributed by atoms with van der Waals surface area (Å²) in [5.74, 6) is 1.78. The summed E-state index contributed by atoms with van der Waals surface area (Å²) in [5.41, 5.74) is 3.42. The zero-order chi connectivity index (χ0) is 17.5. The molecule has 1 aromatic heterocycles. The summed E-state index contributed by atoms with van der Waals surface area (Å²) in [4.78, 5) is 17.9. The summed E-state index contributed by atoms with van der Waals surface area (Å²) in [6.07, 6.45) is 9.30. The van der Waals surface area contributed by atoms with E-state index in [2.05, 4.69) is 33.8 Å². The molecule has 7 rings (SSSR count). The molecule has 3 atom stereocenters. The van der Waals surface area contributed by atoms with Gasteiger partial charge in [0.2, 0.25) is 0 Å². The Labute approximate surface area is 153 Å². The van der Waals surface area contributed by atoms with Crippen LogP contribution in [0.1, 0.15) is 50.1 Å². The minimum absolute atomic E-state index is 0.0779. The van der Waals surface area contributed by atoms with Gasteiger partial charge < -0.3 is 9.67 Å². The second-order valence-corrected chi connectivity index (χ2v) is 9.16. The van der Waals surface area contributed by atoms with Gasteiger partial charge in [0.25, 0.3) is 0 Å². The third-order valence-electron chi connectivity index (χ3n) is 7.79. The van der Waals surface area contributed by atoms with Gasteiger partial charge in [-0.2, -0.15) is 0 Å². The van der Waals surface area contributed by atoms with Crippen molar-refractivity contribution in [2.45, 2.75) is 50.7 Å². The third-order valence-corrected chi connectivity index (χ3v) is 7.79. The average Bonchev–Trinajstić information content (AvgIpc) is 3.22. The van der Waals surface area contributed by atoms with Gasteiger partial charge in [-0.25, -0.2) is 4.98 Å². The number of aliphatic hydroxyl groups excluding tert-OH is 1. The number of hydrogen-bond acceptors (Lipinski definition) is 3. The number of benzene rings is 1. The Bertz CT molecular complexity index is 885. The molecule has 0 spiro atoms. The van der Waals surface area contributed by atoms with Crippen molar-refractivity contribution in [2.75, 3.05) is 0 Å². The number of fused-ring (bicyclic) bond motifs is 3. The van der Waals surface area contributed by atoms with Crippen LogP contribution in [0.3, 0.4) is 0 Å². The van der Waals surface area contributed by atoms with Gasteiger partial charge >= 0.3 is 0 Å². The van der Waals surface area contributed by atoms with Gasteiger partial charge in [0.05, 0.1) is 30.4 Å². The van der Waals surface area contributed by atoms with E-state index >= 15 is 0 Å². The number of aromatic nitrogens is 2. The van der Waals surface area contributed by atoms with Crippen LogP contribution in [0.4, 0.5) is 0 Å². The summed E-state index contributed by atoms with van der Waals surface area (Å²) >= 11 is 0. The minimum Gasteiger partial charge on any atom is -0.393 e. The fourth-order valence-electron chi connectivity index (χ4n) is 6.87. The highest BCUT2D eigenvalue weighted by Crippen LogP contribution is 2.61. The molecular formula is C22H24N2O2. The van der Waals surface area contributed by atoms with E-state index in [4.69, 9.17) is 0 Å². The zero-order valence-electron chi connectivity index (χ0n) is 14.8. The molecule has 0 saturated heterocycles. The second kappa shape index (κ2) is 5.07. The van der Waals surface area contributed by atoms with Crippen molar-refractivity contribution < 1.29 is 9.90 Å². The first-order chi connectivity index (χ1) is 12.6. The molecule has 0 radical (unpaired) electrons. The van der Waals surface area contributed by atoms with Crippen molar-refractivity contribution in [3.05, 3.63) is 42.4 Å². The van der Waals surface area contributed by atoms with E-state index in [0.717, 1.165) is 37.8 Å². The predicted octanol–water partition coefficient (Wildman–Crippen LogP) is 3.60. The molecule has 4 saturated carbocycles. The monoisotopic (exact) mass is 348 g/mol. The molecule has 134 valence electrons. The third kappa shape index (κ3) is 1.88. The number of aliphatic hydroxyl groups is 1. The summed E-state index contributed by atoms with van der Waals surface area (Å²) in [6.45, 7) is 0. The van der Waals surface area contributed by atoms with Crippen molar-refractivity contribution in [2.24, 2.45) is 23.2 Å². The van der Waals surface area contributed by atoms with Crippen LogP contribution in [0.5, 0.6) is 0 Å². The molecule has 4 aliphatic carbocycles. The van der Waals surface area contributed by atoms with E-state index in [1.54, 1.807) is 0 Å². The predicted molar refractivity (Wildman–Crippen MR) is 97.4 cm³/mol. The van der Waals surface area contributed by atoms with Crippen LogP contribution in [-0.4, -0.2) is 26.5 Å². The number of ketones is 1. The van der Waals surface area contributed by atoms with E-state index < -0.39 is 0 Å². The van der Waals surface area contributed by atoms with Gasteiger partial charge in [0.1, 0.15) is 5.78 Å². The van der Waals surface area contributed by atoms with Gasteiger partial charge in [-0.3, -0.25) is 4.79 Å². The summed E-state index contributed by atoms with van der Waals surface area (Å²) in [6, 6.07) is 8.49. The van der Waals surface area contributed by atoms with E-state index in [9.17, 15) is 9.90 Å². The Balaban J connectivity index is 1.34. The SMILES string of the molecule is O=C(CC1c2ccccc2-c2cncn21)C12CC3CC(C1)C(O)C(C3)C2. The number of imidazole rings is 1. The van der Waals surface area contributed by atoms with Gasteiger partial charge in [0, 0.05) is 17.4 Å². The molecule has 4 fully saturated rings. The van der Waals surface area contributed by atoms with Crippen LogP contribution in [0.2, 0.25) is 0 Å². The highest BCUT2D eigenvalue weighted by atomic mass is 16.3. The lowest BCUT2D eigenvalue weighted by Crippen LogP contribution is -2.56. The van der Waals surface area contributed by atoms with E-state index in [0.29, 0.717) is 30.0 Å². The van der Waals surface area contributed by atoms with Gasteiger partial charge in [-0.05, 0) is 55.4 Å². The van der Waals surface area contributed by atoms with Crippen molar-refractivity contribution in [3.8, 4) is 11.3 Å². The molecule has 4 bridgehead atoms. The molecule has 26 heavy (non-hydrogen) atoms. The molecule has 0 amide bonds. The van der Waals surface area contributed by atoms with Crippen LogP contribution < -0.4 is 0 Å². The largest absolute Gasteiger partial charge is 0.393 e. The Hall–Kier alpha value is -1.94. The van der Waals surface area contributed by atoms with E-state index in [-0.39, 0.29) is 17.6 Å². The number of carbonyl (C=O) groups excluding carboxylic acids is 1. The standard InChI is InChI=1S/C22H24N2O2/c25-20(22-8-13-5-14(9-22)21(26)15(6-13)10-22)7-18-16-3-1-2-4-17(16)19-11-23-12-24(18)19/h1-4,11-15,18,21,26H,5-10H2.